The van der Waals surface area contributed by atoms with E-state index in [-0.39, 0.29) is 0 Å². The Morgan fingerprint density at radius 3 is 2.73 bits per heavy atom. The minimum absolute atomic E-state index is 1.12. The third-order valence-corrected chi connectivity index (χ3v) is 2.08. The molecule has 0 amide bonds. The Bertz CT molecular complexity index is 222. The highest BCUT2D eigenvalue weighted by Crippen LogP contribution is 2.20. The van der Waals surface area contributed by atoms with Gasteiger partial charge in [0.15, 0.2) is 0 Å². The van der Waals surface area contributed by atoms with Crippen molar-refractivity contribution in [2.24, 2.45) is 0 Å². The van der Waals surface area contributed by atoms with E-state index in [1.54, 1.807) is 0 Å². The van der Waals surface area contributed by atoms with Crippen LogP contribution in [0.15, 0.2) is 34.9 Å². The molecule has 0 saturated heterocycles. The van der Waals surface area contributed by atoms with Gasteiger partial charge in [0, 0.05) is 0 Å². The number of hydrogen-bond acceptors (Lipinski definition) is 0. The van der Waals surface area contributed by atoms with Crippen molar-refractivity contribution < 1.29 is 0 Å². The Morgan fingerprint density at radius 2 is 2.18 bits per heavy atom. The van der Waals surface area contributed by atoms with E-state index in [4.69, 9.17) is 0 Å². The molecule has 0 aromatic carbocycles. The highest BCUT2D eigenvalue weighted by Gasteiger charge is 2.00. The topological polar surface area (TPSA) is 0 Å². The fraction of sp³-hybridized carbons (Fsp3) is 0.455. The molecular formula is C11H16. The van der Waals surface area contributed by atoms with Gasteiger partial charge in [-0.05, 0) is 37.8 Å². The molecule has 0 bridgehead atoms. The summed E-state index contributed by atoms with van der Waals surface area (Å²) < 4.78 is 0. The molecular weight excluding hydrogens is 132 g/mol. The summed E-state index contributed by atoms with van der Waals surface area (Å²) in [6, 6.07) is 0. The summed E-state index contributed by atoms with van der Waals surface area (Å²) in [7, 11) is 0. The van der Waals surface area contributed by atoms with Crippen molar-refractivity contribution in [3.05, 3.63) is 34.9 Å². The highest BCUT2D eigenvalue weighted by molar-refractivity contribution is 5.38. The predicted octanol–water partition coefficient (Wildman–Crippen LogP) is 3.62. The normalized spacial score (nSPS) is 16.6. The lowest BCUT2D eigenvalue weighted by atomic mass is 9.97. The van der Waals surface area contributed by atoms with E-state index in [0.29, 0.717) is 0 Å². The SMILES string of the molecule is CCC1=CC(=C(C)C)CC=C1. The van der Waals surface area contributed by atoms with Gasteiger partial charge in [0.05, 0.1) is 0 Å². The second kappa shape index (κ2) is 3.56. The molecule has 0 heterocycles. The van der Waals surface area contributed by atoms with E-state index in [2.05, 4.69) is 39.0 Å². The lowest BCUT2D eigenvalue weighted by molar-refractivity contribution is 1.08. The molecule has 0 fully saturated rings. The quantitative estimate of drug-likeness (QED) is 0.532. The summed E-state index contributed by atoms with van der Waals surface area (Å²) in [5.74, 6) is 0. The number of hydrogen-bond donors (Lipinski definition) is 0. The maximum absolute atomic E-state index is 2.31. The van der Waals surface area contributed by atoms with Crippen LogP contribution in [0.4, 0.5) is 0 Å². The van der Waals surface area contributed by atoms with Crippen LogP contribution in [0.3, 0.4) is 0 Å². The Kier molecular flexibility index (Phi) is 2.70. The van der Waals surface area contributed by atoms with Crippen LogP contribution in [0.25, 0.3) is 0 Å². The zero-order chi connectivity index (χ0) is 8.27. The predicted molar refractivity (Wildman–Crippen MR) is 50.5 cm³/mol. The Labute approximate surface area is 69.3 Å². The van der Waals surface area contributed by atoms with Gasteiger partial charge in [-0.25, -0.2) is 0 Å². The fourth-order valence-corrected chi connectivity index (χ4v) is 1.24. The molecule has 0 spiro atoms. The third kappa shape index (κ3) is 2.07. The van der Waals surface area contributed by atoms with E-state index in [0.717, 1.165) is 12.8 Å². The molecule has 0 radical (unpaired) electrons. The number of rotatable bonds is 1. The van der Waals surface area contributed by atoms with Crippen LogP contribution >= 0.6 is 0 Å². The second-order valence-electron chi connectivity index (χ2n) is 3.20. The molecule has 0 nitrogen and oxygen atoms in total. The third-order valence-electron chi connectivity index (χ3n) is 2.08. The van der Waals surface area contributed by atoms with Gasteiger partial charge < -0.3 is 0 Å². The standard InChI is InChI=1S/C11H16/c1-4-10-6-5-7-11(8-10)9(2)3/h5-6,8H,4,7H2,1-3H3. The number of allylic oxidation sites excluding steroid dienone is 6. The smallest absolute Gasteiger partial charge is 0.00948 e. The molecule has 0 unspecified atom stereocenters. The average molecular weight is 148 g/mol. The summed E-state index contributed by atoms with van der Waals surface area (Å²) in [5, 5.41) is 0. The van der Waals surface area contributed by atoms with Gasteiger partial charge in [-0.3, -0.25) is 0 Å². The van der Waals surface area contributed by atoms with Gasteiger partial charge in [0.1, 0.15) is 0 Å². The summed E-state index contributed by atoms with van der Waals surface area (Å²) >= 11 is 0. The van der Waals surface area contributed by atoms with Gasteiger partial charge in [0.25, 0.3) is 0 Å². The molecule has 0 aliphatic heterocycles. The van der Waals surface area contributed by atoms with Crippen LogP contribution in [0.5, 0.6) is 0 Å². The van der Waals surface area contributed by atoms with Crippen molar-refractivity contribution in [2.75, 3.05) is 0 Å². The van der Waals surface area contributed by atoms with Gasteiger partial charge in [0.2, 0.25) is 0 Å². The van der Waals surface area contributed by atoms with Crippen molar-refractivity contribution in [1.82, 2.24) is 0 Å². The van der Waals surface area contributed by atoms with Gasteiger partial charge in [-0.2, -0.15) is 0 Å². The van der Waals surface area contributed by atoms with Crippen LogP contribution in [-0.4, -0.2) is 0 Å². The molecule has 60 valence electrons. The van der Waals surface area contributed by atoms with E-state index >= 15 is 0 Å². The van der Waals surface area contributed by atoms with Gasteiger partial charge in [-0.1, -0.05) is 30.7 Å². The van der Waals surface area contributed by atoms with Crippen molar-refractivity contribution in [3.8, 4) is 0 Å². The molecule has 0 aromatic rings. The van der Waals surface area contributed by atoms with Crippen molar-refractivity contribution in [3.63, 3.8) is 0 Å². The summed E-state index contributed by atoms with van der Waals surface area (Å²) in [6.45, 7) is 6.56. The van der Waals surface area contributed by atoms with Crippen LogP contribution in [0.2, 0.25) is 0 Å². The molecule has 0 saturated carbocycles. The summed E-state index contributed by atoms with van der Waals surface area (Å²) in [4.78, 5) is 0. The first-order valence-electron chi connectivity index (χ1n) is 4.27. The maximum atomic E-state index is 2.31. The minimum Gasteiger partial charge on any atom is -0.0799 e. The fourth-order valence-electron chi connectivity index (χ4n) is 1.24. The van der Waals surface area contributed by atoms with Crippen molar-refractivity contribution in [2.45, 2.75) is 33.6 Å². The van der Waals surface area contributed by atoms with E-state index in [1.807, 2.05) is 0 Å². The van der Waals surface area contributed by atoms with Crippen molar-refractivity contribution in [1.29, 1.82) is 0 Å². The first kappa shape index (κ1) is 8.32. The molecule has 0 atom stereocenters. The monoisotopic (exact) mass is 148 g/mol. The second-order valence-corrected chi connectivity index (χ2v) is 3.20. The Hall–Kier alpha value is -0.780. The van der Waals surface area contributed by atoms with Gasteiger partial charge >= 0.3 is 0 Å². The zero-order valence-corrected chi connectivity index (χ0v) is 7.65. The highest BCUT2D eigenvalue weighted by atomic mass is 14.1. The minimum atomic E-state index is 1.12. The molecule has 11 heavy (non-hydrogen) atoms. The lowest BCUT2D eigenvalue weighted by Gasteiger charge is -2.09. The lowest BCUT2D eigenvalue weighted by Crippen LogP contribution is -1.89. The van der Waals surface area contributed by atoms with E-state index in [1.165, 1.54) is 16.7 Å². The molecule has 0 heteroatoms. The van der Waals surface area contributed by atoms with Crippen molar-refractivity contribution >= 4 is 0 Å². The zero-order valence-electron chi connectivity index (χ0n) is 7.65. The summed E-state index contributed by atoms with van der Waals surface area (Å²) in [5.41, 5.74) is 4.39. The van der Waals surface area contributed by atoms with Crippen LogP contribution in [0.1, 0.15) is 33.6 Å². The Balaban J connectivity index is 2.86. The van der Waals surface area contributed by atoms with Crippen LogP contribution < -0.4 is 0 Å². The molecule has 1 rings (SSSR count). The van der Waals surface area contributed by atoms with Gasteiger partial charge in [-0.15, -0.1) is 0 Å². The van der Waals surface area contributed by atoms with E-state index < -0.39 is 0 Å². The average Bonchev–Trinajstić information content (AvgIpc) is 2.05. The molecule has 0 N–H and O–H groups in total. The molecule has 1 aliphatic rings. The first-order valence-corrected chi connectivity index (χ1v) is 4.27. The summed E-state index contributed by atoms with van der Waals surface area (Å²) in [6.07, 6.45) is 9.06. The largest absolute Gasteiger partial charge is 0.0799 e. The molecule has 0 aromatic heterocycles. The first-order chi connectivity index (χ1) is 5.24. The maximum Gasteiger partial charge on any atom is -0.00948 e. The van der Waals surface area contributed by atoms with Crippen LogP contribution in [-0.2, 0) is 0 Å². The Morgan fingerprint density at radius 1 is 1.45 bits per heavy atom. The van der Waals surface area contributed by atoms with Crippen LogP contribution in [0, 0.1) is 0 Å². The van der Waals surface area contributed by atoms with E-state index in [9.17, 15) is 0 Å². The molecule has 1 aliphatic carbocycles.